The Bertz CT molecular complexity index is 871. The molecule has 6 nitrogen and oxygen atoms in total. The van der Waals surface area contributed by atoms with Gasteiger partial charge in [0.15, 0.2) is 0 Å². The third-order valence-electron chi connectivity index (χ3n) is 3.24. The molecule has 1 fully saturated rings. The van der Waals surface area contributed by atoms with Gasteiger partial charge in [-0.1, -0.05) is 36.1 Å². The maximum absolute atomic E-state index is 12.2. The zero-order chi connectivity index (χ0) is 17.3. The third kappa shape index (κ3) is 3.19. The first kappa shape index (κ1) is 16.3. The number of carboxylic acids is 1. The van der Waals surface area contributed by atoms with Gasteiger partial charge in [-0.15, -0.1) is 0 Å². The minimum Gasteiger partial charge on any atom is -0.507 e. The molecule has 1 aromatic carbocycles. The number of aromatic hydroxyl groups is 1. The van der Waals surface area contributed by atoms with Gasteiger partial charge >= 0.3 is 5.97 Å². The van der Waals surface area contributed by atoms with Crippen molar-refractivity contribution in [2.45, 2.75) is 0 Å². The number of carbonyl (C=O) groups excluding carboxylic acids is 1. The van der Waals surface area contributed by atoms with E-state index in [1.807, 2.05) is 0 Å². The van der Waals surface area contributed by atoms with E-state index in [1.54, 1.807) is 36.4 Å². The summed E-state index contributed by atoms with van der Waals surface area (Å²) in [6, 6.07) is 10.1. The van der Waals surface area contributed by atoms with Crippen molar-refractivity contribution in [3.8, 4) is 17.1 Å². The molecular formula is C16H11NO5S2. The molecular weight excluding hydrogens is 350 g/mol. The van der Waals surface area contributed by atoms with Gasteiger partial charge in [0.05, 0.1) is 10.5 Å². The van der Waals surface area contributed by atoms with Crippen LogP contribution in [0.2, 0.25) is 0 Å². The highest BCUT2D eigenvalue weighted by Gasteiger charge is 2.33. The second kappa shape index (κ2) is 6.50. The Balaban J connectivity index is 1.85. The number of thioether (sulfide) groups is 1. The van der Waals surface area contributed by atoms with Crippen LogP contribution >= 0.6 is 24.0 Å². The number of amides is 1. The van der Waals surface area contributed by atoms with Crippen molar-refractivity contribution < 1.29 is 24.2 Å². The van der Waals surface area contributed by atoms with E-state index in [-0.39, 0.29) is 10.1 Å². The predicted molar refractivity (Wildman–Crippen MR) is 93.3 cm³/mol. The maximum atomic E-state index is 12.2. The van der Waals surface area contributed by atoms with Gasteiger partial charge in [0.25, 0.3) is 5.91 Å². The number of rotatable bonds is 4. The molecule has 1 aromatic heterocycles. The number of carbonyl (C=O) groups is 2. The average molecular weight is 361 g/mol. The van der Waals surface area contributed by atoms with Crippen molar-refractivity contribution >= 4 is 46.3 Å². The van der Waals surface area contributed by atoms with E-state index in [4.69, 9.17) is 21.7 Å². The van der Waals surface area contributed by atoms with Crippen LogP contribution in [0.1, 0.15) is 5.76 Å². The predicted octanol–water partition coefficient (Wildman–Crippen LogP) is 2.94. The van der Waals surface area contributed by atoms with Gasteiger partial charge in [-0.3, -0.25) is 14.5 Å². The van der Waals surface area contributed by atoms with Gasteiger partial charge in [-0.25, -0.2) is 0 Å². The Morgan fingerprint density at radius 1 is 1.29 bits per heavy atom. The maximum Gasteiger partial charge on any atom is 0.323 e. The molecule has 24 heavy (non-hydrogen) atoms. The van der Waals surface area contributed by atoms with Crippen LogP contribution in [0.4, 0.5) is 0 Å². The van der Waals surface area contributed by atoms with Crippen molar-refractivity contribution in [3.63, 3.8) is 0 Å². The average Bonchev–Trinajstić information content (AvgIpc) is 3.08. The second-order valence-corrected chi connectivity index (χ2v) is 6.56. The van der Waals surface area contributed by atoms with Crippen LogP contribution < -0.4 is 0 Å². The van der Waals surface area contributed by atoms with E-state index < -0.39 is 18.4 Å². The molecule has 0 saturated carbocycles. The second-order valence-electron chi connectivity index (χ2n) is 4.88. The Kier molecular flexibility index (Phi) is 4.41. The number of hydrogen-bond donors (Lipinski definition) is 2. The smallest absolute Gasteiger partial charge is 0.323 e. The summed E-state index contributed by atoms with van der Waals surface area (Å²) in [7, 11) is 0. The SMILES string of the molecule is O=C(O)CN1C(=O)/C(=C\c2ccc(-c3ccccc3O)o2)SC1=S. The first-order chi connectivity index (χ1) is 11.5. The van der Waals surface area contributed by atoms with Crippen LogP contribution in [0.3, 0.4) is 0 Å². The zero-order valence-corrected chi connectivity index (χ0v) is 13.8. The highest BCUT2D eigenvalue weighted by atomic mass is 32.2. The molecule has 1 aliphatic heterocycles. The summed E-state index contributed by atoms with van der Waals surface area (Å²) in [6.07, 6.45) is 1.50. The van der Waals surface area contributed by atoms with Crippen LogP contribution in [-0.4, -0.2) is 37.9 Å². The van der Waals surface area contributed by atoms with Crippen molar-refractivity contribution in [2.24, 2.45) is 0 Å². The number of hydrogen-bond acceptors (Lipinski definition) is 6. The van der Waals surface area contributed by atoms with Crippen molar-refractivity contribution in [3.05, 3.63) is 47.1 Å². The molecule has 1 aliphatic rings. The molecule has 0 aliphatic carbocycles. The van der Waals surface area contributed by atoms with Gasteiger partial charge in [0.2, 0.25) is 0 Å². The fourth-order valence-electron chi connectivity index (χ4n) is 2.16. The summed E-state index contributed by atoms with van der Waals surface area (Å²) in [5.41, 5.74) is 0.538. The van der Waals surface area contributed by atoms with Crippen LogP contribution in [-0.2, 0) is 9.59 Å². The summed E-state index contributed by atoms with van der Waals surface area (Å²) in [4.78, 5) is 24.3. The van der Waals surface area contributed by atoms with E-state index in [2.05, 4.69) is 0 Å². The topological polar surface area (TPSA) is 91.0 Å². The molecule has 8 heteroatoms. The summed E-state index contributed by atoms with van der Waals surface area (Å²) in [5, 5.41) is 18.7. The van der Waals surface area contributed by atoms with Crippen molar-refractivity contribution in [1.29, 1.82) is 0 Å². The van der Waals surface area contributed by atoms with Gasteiger partial charge in [0.1, 0.15) is 28.1 Å². The van der Waals surface area contributed by atoms with Crippen LogP contribution in [0.5, 0.6) is 5.75 Å². The van der Waals surface area contributed by atoms with E-state index in [9.17, 15) is 14.7 Å². The molecule has 2 heterocycles. The van der Waals surface area contributed by atoms with E-state index in [0.717, 1.165) is 16.7 Å². The highest BCUT2D eigenvalue weighted by molar-refractivity contribution is 8.26. The number of thiocarbonyl (C=S) groups is 1. The standard InChI is InChI=1S/C16H11NO5S2/c18-11-4-2-1-3-10(11)12-6-5-9(22-12)7-13-15(21)17(8-14(19)20)16(23)24-13/h1-7,18H,8H2,(H,19,20)/b13-7+. The number of aliphatic carboxylic acids is 1. The summed E-state index contributed by atoms with van der Waals surface area (Å²) in [5.74, 6) is -0.643. The molecule has 0 radical (unpaired) electrons. The summed E-state index contributed by atoms with van der Waals surface area (Å²) < 4.78 is 5.83. The summed E-state index contributed by atoms with van der Waals surface area (Å²) >= 11 is 6.05. The zero-order valence-electron chi connectivity index (χ0n) is 12.1. The molecule has 2 N–H and O–H groups in total. The normalized spacial score (nSPS) is 16.2. The van der Waals surface area contributed by atoms with Crippen LogP contribution in [0.15, 0.2) is 45.7 Å². The first-order valence-corrected chi connectivity index (χ1v) is 8.03. The lowest BCUT2D eigenvalue weighted by Crippen LogP contribution is -2.33. The van der Waals surface area contributed by atoms with E-state index >= 15 is 0 Å². The van der Waals surface area contributed by atoms with Crippen LogP contribution in [0, 0.1) is 0 Å². The molecule has 3 rings (SSSR count). The Labute approximate surface area is 146 Å². The lowest BCUT2D eigenvalue weighted by atomic mass is 10.1. The van der Waals surface area contributed by atoms with Gasteiger partial charge < -0.3 is 14.6 Å². The molecule has 0 unspecified atom stereocenters. The van der Waals surface area contributed by atoms with Crippen LogP contribution in [0.25, 0.3) is 17.4 Å². The number of phenols is 1. The number of phenolic OH excluding ortho intramolecular Hbond substituents is 1. The first-order valence-electron chi connectivity index (χ1n) is 6.81. The van der Waals surface area contributed by atoms with E-state index in [0.29, 0.717) is 22.0 Å². The fraction of sp³-hybridized carbons (Fsp3) is 0.0625. The number of furan rings is 1. The molecule has 0 bridgehead atoms. The monoisotopic (exact) mass is 361 g/mol. The molecule has 0 atom stereocenters. The minimum absolute atomic E-state index is 0.0891. The lowest BCUT2D eigenvalue weighted by molar-refractivity contribution is -0.140. The van der Waals surface area contributed by atoms with E-state index in [1.165, 1.54) is 6.08 Å². The number of carboxylic acid groups (broad SMARTS) is 1. The van der Waals surface area contributed by atoms with Crippen molar-refractivity contribution in [2.75, 3.05) is 6.54 Å². The molecule has 1 saturated heterocycles. The number of para-hydroxylation sites is 1. The van der Waals surface area contributed by atoms with Gasteiger partial charge in [-0.2, -0.15) is 0 Å². The Hall–Kier alpha value is -2.58. The Morgan fingerprint density at radius 3 is 2.75 bits per heavy atom. The molecule has 1 amide bonds. The van der Waals surface area contributed by atoms with Crippen molar-refractivity contribution in [1.82, 2.24) is 4.90 Å². The lowest BCUT2D eigenvalue weighted by Gasteiger charge is -2.09. The number of benzene rings is 1. The molecule has 122 valence electrons. The third-order valence-corrected chi connectivity index (χ3v) is 4.61. The number of nitrogens with zero attached hydrogens (tertiary/aromatic N) is 1. The van der Waals surface area contributed by atoms with Gasteiger partial charge in [0, 0.05) is 6.08 Å². The molecule has 0 spiro atoms. The fourth-order valence-corrected chi connectivity index (χ4v) is 3.39. The van der Waals surface area contributed by atoms with Gasteiger partial charge in [-0.05, 0) is 24.3 Å². The summed E-state index contributed by atoms with van der Waals surface area (Å²) in [6.45, 7) is -0.469. The Morgan fingerprint density at radius 2 is 2.04 bits per heavy atom. The minimum atomic E-state index is -1.13. The highest BCUT2D eigenvalue weighted by Crippen LogP contribution is 2.34. The largest absolute Gasteiger partial charge is 0.507 e. The quantitative estimate of drug-likeness (QED) is 0.639. The molecule has 2 aromatic rings.